The molecule has 0 radical (unpaired) electrons. The number of ether oxygens (including phenoxy) is 1. The highest BCUT2D eigenvalue weighted by Crippen LogP contribution is 2.22. The molecule has 1 unspecified atom stereocenters. The number of sulfone groups is 1. The molecule has 0 aromatic heterocycles. The molecule has 122 valence electrons. The Morgan fingerprint density at radius 3 is 2.62 bits per heavy atom. The molecule has 0 bridgehead atoms. The molecule has 2 N–H and O–H groups in total. The first-order valence-electron chi connectivity index (χ1n) is 7.14. The average Bonchev–Trinajstić information content (AvgIpc) is 2.63. The second-order valence-electron chi connectivity index (χ2n) is 5.54. The van der Waals surface area contributed by atoms with Crippen LogP contribution >= 0.6 is 0 Å². The SMILES string of the molecule is CCOC(=O)CCCNCC(=O)NC1(C)CCS(=O)(=O)C1. The van der Waals surface area contributed by atoms with E-state index < -0.39 is 15.4 Å². The molecule has 1 atom stereocenters. The van der Waals surface area contributed by atoms with Crippen LogP contribution in [0, 0.1) is 0 Å². The minimum absolute atomic E-state index is 0.00536. The molecule has 1 fully saturated rings. The molecule has 0 spiro atoms. The van der Waals surface area contributed by atoms with Gasteiger partial charge in [0, 0.05) is 6.42 Å². The Morgan fingerprint density at radius 2 is 2.05 bits per heavy atom. The van der Waals surface area contributed by atoms with Crippen molar-refractivity contribution >= 4 is 21.7 Å². The average molecular weight is 320 g/mol. The Hall–Kier alpha value is -1.15. The van der Waals surface area contributed by atoms with Gasteiger partial charge in [0.25, 0.3) is 0 Å². The summed E-state index contributed by atoms with van der Waals surface area (Å²) >= 11 is 0. The third-order valence-corrected chi connectivity index (χ3v) is 5.17. The van der Waals surface area contributed by atoms with Crippen LogP contribution in [0.4, 0.5) is 0 Å². The van der Waals surface area contributed by atoms with Crippen LogP contribution in [0.2, 0.25) is 0 Å². The van der Waals surface area contributed by atoms with E-state index in [1.807, 2.05) is 0 Å². The number of nitrogens with one attached hydrogen (secondary N) is 2. The summed E-state index contributed by atoms with van der Waals surface area (Å²) < 4.78 is 27.7. The molecular weight excluding hydrogens is 296 g/mol. The van der Waals surface area contributed by atoms with Crippen molar-refractivity contribution in [3.8, 4) is 0 Å². The van der Waals surface area contributed by atoms with Gasteiger partial charge in [-0.15, -0.1) is 0 Å². The number of hydrogen-bond donors (Lipinski definition) is 2. The summed E-state index contributed by atoms with van der Waals surface area (Å²) in [6.07, 6.45) is 1.36. The maximum Gasteiger partial charge on any atom is 0.305 e. The summed E-state index contributed by atoms with van der Waals surface area (Å²) in [4.78, 5) is 22.8. The molecule has 1 heterocycles. The molecule has 21 heavy (non-hydrogen) atoms. The van der Waals surface area contributed by atoms with Gasteiger partial charge in [-0.25, -0.2) is 8.42 Å². The van der Waals surface area contributed by atoms with Crippen LogP contribution in [-0.4, -0.2) is 57.0 Å². The quantitative estimate of drug-likeness (QED) is 0.467. The van der Waals surface area contributed by atoms with Gasteiger partial charge in [-0.3, -0.25) is 9.59 Å². The summed E-state index contributed by atoms with van der Waals surface area (Å²) in [6, 6.07) is 0. The van der Waals surface area contributed by atoms with Gasteiger partial charge in [0.15, 0.2) is 9.84 Å². The number of carbonyl (C=O) groups excluding carboxylic acids is 2. The van der Waals surface area contributed by atoms with Crippen LogP contribution in [0.1, 0.15) is 33.1 Å². The Bertz CT molecular complexity index is 477. The molecule has 1 aliphatic rings. The van der Waals surface area contributed by atoms with Crippen molar-refractivity contribution in [2.45, 2.75) is 38.6 Å². The monoisotopic (exact) mass is 320 g/mol. The Kier molecular flexibility index (Phi) is 6.60. The highest BCUT2D eigenvalue weighted by Gasteiger charge is 2.39. The molecular formula is C13H24N2O5S. The lowest BCUT2D eigenvalue weighted by Gasteiger charge is -2.23. The van der Waals surface area contributed by atoms with Gasteiger partial charge in [-0.05, 0) is 33.2 Å². The van der Waals surface area contributed by atoms with Crippen LogP contribution in [0.3, 0.4) is 0 Å². The van der Waals surface area contributed by atoms with E-state index in [0.29, 0.717) is 32.4 Å². The topological polar surface area (TPSA) is 102 Å². The van der Waals surface area contributed by atoms with Gasteiger partial charge in [-0.2, -0.15) is 0 Å². The fourth-order valence-electron chi connectivity index (χ4n) is 2.28. The van der Waals surface area contributed by atoms with Crippen molar-refractivity contribution in [1.82, 2.24) is 10.6 Å². The van der Waals surface area contributed by atoms with Crippen molar-refractivity contribution in [3.63, 3.8) is 0 Å². The van der Waals surface area contributed by atoms with E-state index in [0.717, 1.165) is 0 Å². The molecule has 8 heteroatoms. The zero-order valence-electron chi connectivity index (χ0n) is 12.6. The zero-order valence-corrected chi connectivity index (χ0v) is 13.4. The third kappa shape index (κ3) is 6.90. The first-order chi connectivity index (χ1) is 9.76. The van der Waals surface area contributed by atoms with Gasteiger partial charge in [0.2, 0.25) is 5.91 Å². The summed E-state index contributed by atoms with van der Waals surface area (Å²) in [5, 5.41) is 5.68. The summed E-state index contributed by atoms with van der Waals surface area (Å²) in [5.74, 6) is -0.358. The van der Waals surface area contributed by atoms with E-state index in [-0.39, 0.29) is 29.9 Å². The normalized spacial score (nSPS) is 23.7. The molecule has 1 amide bonds. The second kappa shape index (κ2) is 7.74. The largest absolute Gasteiger partial charge is 0.466 e. The van der Waals surface area contributed by atoms with E-state index in [1.165, 1.54) is 0 Å². The van der Waals surface area contributed by atoms with Crippen molar-refractivity contribution < 1.29 is 22.7 Å². The Balaban J connectivity index is 2.16. The van der Waals surface area contributed by atoms with Crippen molar-refractivity contribution in [2.75, 3.05) is 31.2 Å². The van der Waals surface area contributed by atoms with E-state index in [4.69, 9.17) is 4.74 Å². The minimum atomic E-state index is -3.03. The summed E-state index contributed by atoms with van der Waals surface area (Å²) in [6.45, 7) is 4.51. The predicted molar refractivity (Wildman–Crippen MR) is 78.6 cm³/mol. The first-order valence-corrected chi connectivity index (χ1v) is 8.96. The van der Waals surface area contributed by atoms with Gasteiger partial charge in [0.05, 0.1) is 30.2 Å². The van der Waals surface area contributed by atoms with E-state index in [9.17, 15) is 18.0 Å². The molecule has 1 saturated heterocycles. The van der Waals surface area contributed by atoms with Gasteiger partial charge < -0.3 is 15.4 Å². The highest BCUT2D eigenvalue weighted by molar-refractivity contribution is 7.91. The number of esters is 1. The van der Waals surface area contributed by atoms with Gasteiger partial charge in [-0.1, -0.05) is 0 Å². The van der Waals surface area contributed by atoms with Gasteiger partial charge in [0.1, 0.15) is 0 Å². The van der Waals surface area contributed by atoms with Crippen LogP contribution in [0.5, 0.6) is 0 Å². The number of carbonyl (C=O) groups is 2. The summed E-state index contributed by atoms with van der Waals surface area (Å²) in [7, 11) is -3.03. The number of rotatable bonds is 8. The minimum Gasteiger partial charge on any atom is -0.466 e. The zero-order chi connectivity index (χ0) is 15.9. The highest BCUT2D eigenvalue weighted by atomic mass is 32.2. The second-order valence-corrected chi connectivity index (χ2v) is 7.72. The molecule has 0 aliphatic carbocycles. The van der Waals surface area contributed by atoms with E-state index >= 15 is 0 Å². The molecule has 7 nitrogen and oxygen atoms in total. The molecule has 1 aliphatic heterocycles. The van der Waals surface area contributed by atoms with Crippen molar-refractivity contribution in [3.05, 3.63) is 0 Å². The van der Waals surface area contributed by atoms with Crippen molar-refractivity contribution in [1.29, 1.82) is 0 Å². The van der Waals surface area contributed by atoms with E-state index in [2.05, 4.69) is 10.6 Å². The maximum atomic E-state index is 11.8. The van der Waals surface area contributed by atoms with Crippen molar-refractivity contribution in [2.24, 2.45) is 0 Å². The lowest BCUT2D eigenvalue weighted by Crippen LogP contribution is -2.49. The first kappa shape index (κ1) is 17.9. The van der Waals surface area contributed by atoms with Gasteiger partial charge >= 0.3 is 5.97 Å². The fraction of sp³-hybridized carbons (Fsp3) is 0.846. The standard InChI is InChI=1S/C13H24N2O5S/c1-3-20-12(17)5-4-7-14-9-11(16)15-13(2)6-8-21(18,19)10-13/h14H,3-10H2,1-2H3,(H,15,16). The van der Waals surface area contributed by atoms with Crippen LogP contribution in [-0.2, 0) is 24.2 Å². The maximum absolute atomic E-state index is 11.8. The lowest BCUT2D eigenvalue weighted by atomic mass is 10.0. The summed E-state index contributed by atoms with van der Waals surface area (Å²) in [5.41, 5.74) is -0.664. The molecule has 1 rings (SSSR count). The number of hydrogen-bond acceptors (Lipinski definition) is 6. The molecule has 0 aromatic rings. The fourth-order valence-corrected chi connectivity index (χ4v) is 4.38. The third-order valence-electron chi connectivity index (χ3n) is 3.27. The molecule has 0 aromatic carbocycles. The lowest BCUT2D eigenvalue weighted by molar-refractivity contribution is -0.143. The van der Waals surface area contributed by atoms with E-state index in [1.54, 1.807) is 13.8 Å². The molecule has 0 saturated carbocycles. The smallest absolute Gasteiger partial charge is 0.305 e. The van der Waals surface area contributed by atoms with Crippen LogP contribution < -0.4 is 10.6 Å². The Morgan fingerprint density at radius 1 is 1.33 bits per heavy atom. The number of amides is 1. The van der Waals surface area contributed by atoms with Crippen LogP contribution in [0.25, 0.3) is 0 Å². The Labute approximate surface area is 125 Å². The van der Waals surface area contributed by atoms with Crippen LogP contribution in [0.15, 0.2) is 0 Å². The predicted octanol–water partition coefficient (Wildman–Crippen LogP) is -0.387.